The highest BCUT2D eigenvalue weighted by molar-refractivity contribution is 5.85. The summed E-state index contributed by atoms with van der Waals surface area (Å²) in [7, 11) is 0. The quantitative estimate of drug-likeness (QED) is 0.181. The largest absolute Gasteiger partial charge is 0.479 e. The Labute approximate surface area is 291 Å². The van der Waals surface area contributed by atoms with E-state index in [2.05, 4.69) is 54.7 Å². The molecule has 48 heavy (non-hydrogen) atoms. The lowest BCUT2D eigenvalue weighted by atomic mass is 9.32. The summed E-state index contributed by atoms with van der Waals surface area (Å²) >= 11 is 0. The number of rotatable bonds is 9. The van der Waals surface area contributed by atoms with Gasteiger partial charge in [-0.05, 0) is 122 Å². The van der Waals surface area contributed by atoms with Crippen LogP contribution >= 0.6 is 0 Å². The van der Waals surface area contributed by atoms with Crippen LogP contribution in [0.4, 0.5) is 0 Å². The van der Waals surface area contributed by atoms with E-state index in [1.165, 1.54) is 56.9 Å². The molecule has 0 aromatic heterocycles. The normalized spacial score (nSPS) is 43.0. The van der Waals surface area contributed by atoms with Crippen molar-refractivity contribution in [3.63, 3.8) is 0 Å². The molecule has 6 rings (SSSR count). The Morgan fingerprint density at radius 2 is 1.65 bits per heavy atom. The van der Waals surface area contributed by atoms with Gasteiger partial charge in [-0.25, -0.2) is 0 Å². The van der Waals surface area contributed by atoms with Gasteiger partial charge in [-0.3, -0.25) is 14.6 Å². The third-order valence-electron chi connectivity index (χ3n) is 15.9. The minimum absolute atomic E-state index is 0.0962. The van der Waals surface area contributed by atoms with Crippen LogP contribution in [-0.2, 0) is 23.8 Å². The number of aliphatic imine (C=N–C) groups is 1. The van der Waals surface area contributed by atoms with E-state index in [0.717, 1.165) is 31.9 Å². The maximum atomic E-state index is 13.4. The summed E-state index contributed by atoms with van der Waals surface area (Å²) in [4.78, 5) is 30.7. The summed E-state index contributed by atoms with van der Waals surface area (Å²) in [6.07, 6.45) is 13.7. The summed E-state index contributed by atoms with van der Waals surface area (Å²) in [6.45, 7) is 28.8. The van der Waals surface area contributed by atoms with Gasteiger partial charge in [0, 0.05) is 10.8 Å². The maximum Gasteiger partial charge on any atom is 0.306 e. The third-order valence-corrected chi connectivity index (χ3v) is 15.9. The molecule has 1 heterocycles. The average Bonchev–Trinajstić information content (AvgIpc) is 3.67. The molecule has 0 amide bonds. The first-order valence-electron chi connectivity index (χ1n) is 19.2. The smallest absolute Gasteiger partial charge is 0.306 e. The van der Waals surface area contributed by atoms with E-state index in [1.54, 1.807) is 6.08 Å². The van der Waals surface area contributed by atoms with Crippen LogP contribution < -0.4 is 0 Å². The maximum absolute atomic E-state index is 13.4. The second-order valence-electron chi connectivity index (χ2n) is 19.2. The van der Waals surface area contributed by atoms with Crippen molar-refractivity contribution in [1.82, 2.24) is 0 Å². The first kappa shape index (κ1) is 35.7. The molecule has 0 N–H and O–H groups in total. The lowest BCUT2D eigenvalue weighted by Gasteiger charge is -2.73. The fraction of sp³-hybridized carbons (Fsp3) is 0.833. The van der Waals surface area contributed by atoms with Gasteiger partial charge in [0.15, 0.2) is 5.90 Å². The van der Waals surface area contributed by atoms with Crippen LogP contribution in [0.5, 0.6) is 0 Å². The van der Waals surface area contributed by atoms with E-state index in [1.807, 2.05) is 13.8 Å². The third kappa shape index (κ3) is 5.43. The Kier molecular flexibility index (Phi) is 9.14. The van der Waals surface area contributed by atoms with Crippen molar-refractivity contribution in [2.45, 2.75) is 139 Å². The Morgan fingerprint density at radius 3 is 2.31 bits per heavy atom. The van der Waals surface area contributed by atoms with E-state index < -0.39 is 5.41 Å². The van der Waals surface area contributed by atoms with Gasteiger partial charge in [-0.2, -0.15) is 0 Å². The Bertz CT molecular complexity index is 1350. The van der Waals surface area contributed by atoms with Crippen LogP contribution in [0, 0.1) is 62.1 Å². The van der Waals surface area contributed by atoms with Crippen LogP contribution in [0.15, 0.2) is 29.8 Å². The number of hydrogen-bond acceptors (Lipinski definition) is 6. The number of nitrogens with zero attached hydrogens (tertiary/aromatic N) is 1. The van der Waals surface area contributed by atoms with Crippen LogP contribution in [0.2, 0.25) is 0 Å². The predicted octanol–water partition coefficient (Wildman–Crippen LogP) is 9.52. The number of carbonyl (C=O) groups is 2. The summed E-state index contributed by atoms with van der Waals surface area (Å²) in [6, 6.07) is 0. The van der Waals surface area contributed by atoms with Crippen LogP contribution in [0.25, 0.3) is 0 Å². The van der Waals surface area contributed by atoms with E-state index >= 15 is 0 Å². The first-order chi connectivity index (χ1) is 22.4. The molecule has 0 bridgehead atoms. The monoisotopic (exact) mass is 663 g/mol. The van der Waals surface area contributed by atoms with Crippen molar-refractivity contribution >= 4 is 17.8 Å². The molecule has 0 aromatic carbocycles. The number of esters is 2. The molecule has 6 heteroatoms. The highest BCUT2D eigenvalue weighted by Crippen LogP contribution is 2.77. The van der Waals surface area contributed by atoms with Crippen LogP contribution in [0.3, 0.4) is 0 Å². The summed E-state index contributed by atoms with van der Waals surface area (Å²) in [5.74, 6) is 3.53. The highest BCUT2D eigenvalue weighted by atomic mass is 16.5. The van der Waals surface area contributed by atoms with Gasteiger partial charge in [0.1, 0.15) is 19.3 Å². The van der Waals surface area contributed by atoms with Crippen LogP contribution in [-0.4, -0.2) is 43.7 Å². The molecular weight excluding hydrogens is 598 g/mol. The molecule has 0 spiro atoms. The van der Waals surface area contributed by atoms with E-state index in [4.69, 9.17) is 19.2 Å². The number of carbonyl (C=O) groups excluding carboxylic acids is 2. The van der Waals surface area contributed by atoms with Gasteiger partial charge >= 0.3 is 11.9 Å². The zero-order chi connectivity index (χ0) is 34.9. The van der Waals surface area contributed by atoms with Gasteiger partial charge in [-0.15, -0.1) is 0 Å². The zero-order valence-electron chi connectivity index (χ0n) is 31.6. The van der Waals surface area contributed by atoms with E-state index in [0.29, 0.717) is 29.6 Å². The lowest BCUT2D eigenvalue weighted by molar-refractivity contribution is -0.247. The molecule has 5 saturated carbocycles. The molecular formula is C42H65NO5. The fourth-order valence-corrected chi connectivity index (χ4v) is 13.6. The minimum Gasteiger partial charge on any atom is -0.479 e. The van der Waals surface area contributed by atoms with Gasteiger partial charge in [0.2, 0.25) is 0 Å². The topological polar surface area (TPSA) is 74.2 Å². The molecule has 5 fully saturated rings. The fourth-order valence-electron chi connectivity index (χ4n) is 13.6. The molecule has 0 radical (unpaired) electrons. The Morgan fingerprint density at radius 1 is 0.917 bits per heavy atom. The van der Waals surface area contributed by atoms with Crippen molar-refractivity contribution in [2.75, 3.05) is 19.8 Å². The molecule has 6 aliphatic rings. The van der Waals surface area contributed by atoms with Crippen molar-refractivity contribution in [2.24, 2.45) is 67.1 Å². The first-order valence-corrected chi connectivity index (χ1v) is 19.2. The van der Waals surface area contributed by atoms with Gasteiger partial charge in [-0.1, -0.05) is 73.3 Å². The molecule has 268 valence electrons. The second-order valence-corrected chi connectivity index (χ2v) is 19.2. The molecule has 0 saturated heterocycles. The molecule has 6 nitrogen and oxygen atoms in total. The molecule has 5 aliphatic carbocycles. The predicted molar refractivity (Wildman–Crippen MR) is 191 cm³/mol. The molecule has 10 atom stereocenters. The number of fused-ring (bicyclic) bond motifs is 7. The molecule has 0 aromatic rings. The standard InChI is InChI=1S/C42H65NO5/c1-11-23-46-33(44)25-37(4,5)26-34(45)48-32-16-17-39(8)30(38(32,6)7)15-18-41(10)31(39)13-12-29-35-28(27(2)3)14-19-42(35,21-20-40(29,41)9)36-43-22-24-47-36/h11,28-32,35H,1-2,12-26H2,3-10H3/t28-,29+,30?,31?,32-,35?,39-,40+,41+,42-/m0/s1. The van der Waals surface area contributed by atoms with Gasteiger partial charge in [0.05, 0.1) is 19.4 Å². The van der Waals surface area contributed by atoms with Crippen molar-refractivity contribution in [1.29, 1.82) is 0 Å². The zero-order valence-corrected chi connectivity index (χ0v) is 31.6. The van der Waals surface area contributed by atoms with Crippen molar-refractivity contribution < 1.29 is 23.8 Å². The number of allylic oxidation sites excluding steroid dienone is 1. The summed E-state index contributed by atoms with van der Waals surface area (Å²) in [5, 5.41) is 0. The van der Waals surface area contributed by atoms with Crippen molar-refractivity contribution in [3.8, 4) is 0 Å². The molecule has 3 unspecified atom stereocenters. The molecule has 1 aliphatic heterocycles. The average molecular weight is 664 g/mol. The number of hydrogen-bond donors (Lipinski definition) is 0. The van der Waals surface area contributed by atoms with E-state index in [9.17, 15) is 9.59 Å². The Balaban J connectivity index is 1.21. The Hall–Kier alpha value is -2.11. The lowest BCUT2D eigenvalue weighted by Crippen LogP contribution is -2.67. The van der Waals surface area contributed by atoms with E-state index in [-0.39, 0.29) is 64.6 Å². The van der Waals surface area contributed by atoms with Gasteiger partial charge < -0.3 is 14.2 Å². The van der Waals surface area contributed by atoms with Crippen molar-refractivity contribution in [3.05, 3.63) is 24.8 Å². The number of ether oxygens (including phenoxy) is 3. The summed E-state index contributed by atoms with van der Waals surface area (Å²) < 4.78 is 17.9. The summed E-state index contributed by atoms with van der Waals surface area (Å²) in [5.41, 5.74) is 1.54. The minimum atomic E-state index is -0.528. The van der Waals surface area contributed by atoms with Gasteiger partial charge in [0.25, 0.3) is 0 Å². The second kappa shape index (κ2) is 12.3. The highest BCUT2D eigenvalue weighted by Gasteiger charge is 2.72. The SMILES string of the molecule is C=CCOC(=O)CC(C)(C)CC(=O)O[C@H]1CC[C@@]2(C)C(CC[C@]3(C)C2CC[C@@H]2C4[C@H](C(=C)C)CC[C@]4(C4=NCCO4)CC[C@]23C)C1(C)C. The van der Waals surface area contributed by atoms with Crippen LogP contribution in [0.1, 0.15) is 132 Å².